The largest absolute Gasteiger partial charge is 0.370 e. The minimum atomic E-state index is -0.479. The van der Waals surface area contributed by atoms with Gasteiger partial charge >= 0.3 is 5.00 Å². The first-order valence-corrected chi connectivity index (χ1v) is 7.67. The second kappa shape index (κ2) is 6.25. The van der Waals surface area contributed by atoms with E-state index in [2.05, 4.69) is 0 Å². The van der Waals surface area contributed by atoms with Gasteiger partial charge in [-0.2, -0.15) is 0 Å². The number of hydrogen-bond acceptors (Lipinski definition) is 5. The molecule has 3 rings (SSSR count). The molecule has 0 spiro atoms. The lowest BCUT2D eigenvalue weighted by Crippen LogP contribution is -2.42. The molecule has 22 heavy (non-hydrogen) atoms. The van der Waals surface area contributed by atoms with Crippen LogP contribution in [-0.4, -0.2) is 35.4 Å². The highest BCUT2D eigenvalue weighted by Crippen LogP contribution is 2.27. The van der Waals surface area contributed by atoms with E-state index in [1.807, 2.05) is 30.3 Å². The predicted octanol–water partition coefficient (Wildman–Crippen LogP) is 2.87. The molecule has 0 N–H and O–H groups in total. The van der Waals surface area contributed by atoms with E-state index in [0.29, 0.717) is 24.6 Å². The fourth-order valence-electron chi connectivity index (χ4n) is 2.40. The number of thiophene rings is 1. The topological polar surface area (TPSA) is 72.7 Å². The van der Waals surface area contributed by atoms with Crippen molar-refractivity contribution < 1.29 is 14.5 Å². The zero-order valence-corrected chi connectivity index (χ0v) is 12.5. The molecular weight excluding hydrogens is 304 g/mol. The summed E-state index contributed by atoms with van der Waals surface area (Å²) >= 11 is 0.909. The van der Waals surface area contributed by atoms with Crippen molar-refractivity contribution in [2.45, 2.75) is 6.10 Å². The first kappa shape index (κ1) is 14.7. The van der Waals surface area contributed by atoms with Crippen molar-refractivity contribution in [1.29, 1.82) is 0 Å². The molecule has 2 aromatic rings. The Labute approximate surface area is 131 Å². The van der Waals surface area contributed by atoms with Gasteiger partial charge in [-0.1, -0.05) is 41.7 Å². The summed E-state index contributed by atoms with van der Waals surface area (Å²) < 4.78 is 5.72. The van der Waals surface area contributed by atoms with Crippen molar-refractivity contribution in [1.82, 2.24) is 4.90 Å². The Hall–Kier alpha value is -2.25. The number of nitrogens with zero attached hydrogens (tertiary/aromatic N) is 2. The van der Waals surface area contributed by atoms with Crippen molar-refractivity contribution in [3.05, 3.63) is 63.0 Å². The molecule has 0 bridgehead atoms. The highest BCUT2D eigenvalue weighted by Gasteiger charge is 2.27. The minimum absolute atomic E-state index is 0.0174. The Morgan fingerprint density at radius 2 is 2.05 bits per heavy atom. The molecule has 6 nitrogen and oxygen atoms in total. The van der Waals surface area contributed by atoms with Crippen LogP contribution in [0.3, 0.4) is 0 Å². The molecule has 1 unspecified atom stereocenters. The highest BCUT2D eigenvalue weighted by molar-refractivity contribution is 7.17. The molecule has 1 aromatic heterocycles. The maximum absolute atomic E-state index is 12.5. The zero-order valence-electron chi connectivity index (χ0n) is 11.7. The molecule has 1 amide bonds. The number of morpholine rings is 1. The third kappa shape index (κ3) is 3.00. The van der Waals surface area contributed by atoms with Crippen LogP contribution >= 0.6 is 11.3 Å². The standard InChI is InChI=1S/C15H14N2O4S/c18-15(13-6-7-14(22-13)17(19)20)16-8-9-21-12(10-16)11-4-2-1-3-5-11/h1-7,12H,8-10H2. The Kier molecular flexibility index (Phi) is 4.17. The van der Waals surface area contributed by atoms with E-state index in [1.165, 1.54) is 12.1 Å². The summed E-state index contributed by atoms with van der Waals surface area (Å²) in [7, 11) is 0. The lowest BCUT2D eigenvalue weighted by atomic mass is 10.1. The molecule has 114 valence electrons. The van der Waals surface area contributed by atoms with Crippen LogP contribution in [-0.2, 0) is 4.74 Å². The van der Waals surface area contributed by atoms with Crippen LogP contribution in [0.15, 0.2) is 42.5 Å². The van der Waals surface area contributed by atoms with Crippen LogP contribution in [0.2, 0.25) is 0 Å². The first-order chi connectivity index (χ1) is 10.6. The summed E-state index contributed by atoms with van der Waals surface area (Å²) in [5.74, 6) is -0.178. The Balaban J connectivity index is 1.73. The quantitative estimate of drug-likeness (QED) is 0.644. The van der Waals surface area contributed by atoms with Crippen LogP contribution < -0.4 is 0 Å². The number of hydrogen-bond donors (Lipinski definition) is 0. The average Bonchev–Trinajstić information content (AvgIpc) is 3.05. The van der Waals surface area contributed by atoms with Gasteiger partial charge in [0, 0.05) is 12.6 Å². The van der Waals surface area contributed by atoms with Gasteiger partial charge in [0.2, 0.25) is 0 Å². The monoisotopic (exact) mass is 318 g/mol. The van der Waals surface area contributed by atoms with Crippen LogP contribution in [0.1, 0.15) is 21.3 Å². The molecule has 0 saturated carbocycles. The van der Waals surface area contributed by atoms with Gasteiger partial charge in [-0.3, -0.25) is 14.9 Å². The minimum Gasteiger partial charge on any atom is -0.370 e. The number of amides is 1. The van der Waals surface area contributed by atoms with E-state index in [4.69, 9.17) is 4.74 Å². The lowest BCUT2D eigenvalue weighted by molar-refractivity contribution is -0.380. The summed E-state index contributed by atoms with van der Waals surface area (Å²) in [4.78, 5) is 24.8. The first-order valence-electron chi connectivity index (χ1n) is 6.85. The predicted molar refractivity (Wildman–Crippen MR) is 82.0 cm³/mol. The van der Waals surface area contributed by atoms with Crippen molar-refractivity contribution in [3.8, 4) is 0 Å². The van der Waals surface area contributed by atoms with E-state index in [9.17, 15) is 14.9 Å². The summed E-state index contributed by atoms with van der Waals surface area (Å²) in [5.41, 5.74) is 1.03. The van der Waals surface area contributed by atoms with Crippen LogP contribution in [0.5, 0.6) is 0 Å². The number of rotatable bonds is 3. The maximum Gasteiger partial charge on any atom is 0.324 e. The Morgan fingerprint density at radius 1 is 1.27 bits per heavy atom. The molecular formula is C15H14N2O4S. The lowest BCUT2D eigenvalue weighted by Gasteiger charge is -2.32. The average molecular weight is 318 g/mol. The summed E-state index contributed by atoms with van der Waals surface area (Å²) in [6.45, 7) is 1.40. The third-order valence-corrected chi connectivity index (χ3v) is 4.53. The smallest absolute Gasteiger partial charge is 0.324 e. The second-order valence-corrected chi connectivity index (χ2v) is 5.98. The SMILES string of the molecule is O=C(c1ccc([N+](=O)[O-])s1)N1CCOC(c2ccccc2)C1. The normalized spacial score (nSPS) is 18.2. The third-order valence-electron chi connectivity index (χ3n) is 3.51. The fraction of sp³-hybridized carbons (Fsp3) is 0.267. The maximum atomic E-state index is 12.5. The molecule has 1 aliphatic heterocycles. The number of nitro groups is 1. The zero-order chi connectivity index (χ0) is 15.5. The van der Waals surface area contributed by atoms with Gasteiger partial charge in [-0.05, 0) is 11.6 Å². The van der Waals surface area contributed by atoms with E-state index in [0.717, 1.165) is 16.9 Å². The fourth-order valence-corrected chi connectivity index (χ4v) is 3.19. The number of benzene rings is 1. The molecule has 1 fully saturated rings. The van der Waals surface area contributed by atoms with Gasteiger partial charge in [0.25, 0.3) is 5.91 Å². The number of carbonyl (C=O) groups is 1. The van der Waals surface area contributed by atoms with Crippen molar-refractivity contribution >= 4 is 22.2 Å². The van der Waals surface area contributed by atoms with Gasteiger partial charge < -0.3 is 9.64 Å². The van der Waals surface area contributed by atoms with Gasteiger partial charge in [0.05, 0.1) is 23.0 Å². The van der Waals surface area contributed by atoms with E-state index < -0.39 is 4.92 Å². The summed E-state index contributed by atoms with van der Waals surface area (Å²) in [5, 5.41) is 10.7. The van der Waals surface area contributed by atoms with E-state index in [-0.39, 0.29) is 17.0 Å². The summed E-state index contributed by atoms with van der Waals surface area (Å²) in [6, 6.07) is 12.6. The van der Waals surface area contributed by atoms with Crippen molar-refractivity contribution in [3.63, 3.8) is 0 Å². The molecule has 0 radical (unpaired) electrons. The Bertz CT molecular complexity index is 686. The second-order valence-electron chi connectivity index (χ2n) is 4.92. The van der Waals surface area contributed by atoms with Gasteiger partial charge in [-0.15, -0.1) is 0 Å². The van der Waals surface area contributed by atoms with Crippen LogP contribution in [0.4, 0.5) is 5.00 Å². The van der Waals surface area contributed by atoms with Gasteiger partial charge in [0.15, 0.2) is 0 Å². The van der Waals surface area contributed by atoms with Gasteiger partial charge in [0.1, 0.15) is 6.10 Å². The molecule has 1 saturated heterocycles. The highest BCUT2D eigenvalue weighted by atomic mass is 32.1. The van der Waals surface area contributed by atoms with Crippen molar-refractivity contribution in [2.24, 2.45) is 0 Å². The molecule has 1 aromatic carbocycles. The Morgan fingerprint density at radius 3 is 2.73 bits per heavy atom. The molecule has 7 heteroatoms. The summed E-state index contributed by atoms with van der Waals surface area (Å²) in [6.07, 6.45) is -0.158. The number of ether oxygens (including phenoxy) is 1. The molecule has 1 atom stereocenters. The van der Waals surface area contributed by atoms with E-state index >= 15 is 0 Å². The van der Waals surface area contributed by atoms with E-state index in [1.54, 1.807) is 4.90 Å². The van der Waals surface area contributed by atoms with Crippen molar-refractivity contribution in [2.75, 3.05) is 19.7 Å². The molecule has 0 aliphatic carbocycles. The van der Waals surface area contributed by atoms with Gasteiger partial charge in [-0.25, -0.2) is 0 Å². The molecule has 1 aliphatic rings. The molecule has 2 heterocycles. The van der Waals surface area contributed by atoms with Crippen LogP contribution in [0.25, 0.3) is 0 Å². The number of carbonyl (C=O) groups excluding carboxylic acids is 1. The van der Waals surface area contributed by atoms with Crippen LogP contribution in [0, 0.1) is 10.1 Å².